The van der Waals surface area contributed by atoms with Crippen molar-refractivity contribution < 1.29 is 9.00 Å². The molecule has 0 bridgehead atoms. The van der Waals surface area contributed by atoms with Crippen molar-refractivity contribution in [3.63, 3.8) is 0 Å². The Kier molecular flexibility index (Phi) is 5.28. The van der Waals surface area contributed by atoms with E-state index in [0.29, 0.717) is 11.3 Å². The molecule has 0 aromatic heterocycles. The predicted molar refractivity (Wildman–Crippen MR) is 86.5 cm³/mol. The van der Waals surface area contributed by atoms with Crippen molar-refractivity contribution in [3.05, 3.63) is 71.3 Å². The van der Waals surface area contributed by atoms with E-state index in [-0.39, 0.29) is 11.9 Å². The predicted octanol–water partition coefficient (Wildman–Crippen LogP) is 3.06. The number of hydrogen-bond acceptors (Lipinski definition) is 2. The second-order valence-corrected chi connectivity index (χ2v) is 6.46. The summed E-state index contributed by atoms with van der Waals surface area (Å²) in [7, 11) is -0.910. The zero-order chi connectivity index (χ0) is 15.2. The maximum atomic E-state index is 12.3. The zero-order valence-electron chi connectivity index (χ0n) is 12.2. The first-order chi connectivity index (χ1) is 10.1. The van der Waals surface area contributed by atoms with Crippen LogP contribution in [0.3, 0.4) is 0 Å². The molecule has 0 radical (unpaired) electrons. The van der Waals surface area contributed by atoms with E-state index in [1.807, 2.05) is 49.4 Å². The summed E-state index contributed by atoms with van der Waals surface area (Å²) in [4.78, 5) is 12.3. The maximum absolute atomic E-state index is 12.3. The highest BCUT2D eigenvalue weighted by atomic mass is 32.2. The Morgan fingerprint density at radius 3 is 2.52 bits per heavy atom. The molecule has 0 aliphatic carbocycles. The molecule has 1 N–H and O–H groups in total. The van der Waals surface area contributed by atoms with Crippen LogP contribution >= 0.6 is 0 Å². The molecule has 0 aliphatic heterocycles. The topological polar surface area (TPSA) is 46.2 Å². The smallest absolute Gasteiger partial charge is 0.251 e. The Morgan fingerprint density at radius 1 is 1.14 bits per heavy atom. The minimum absolute atomic E-state index is 0.0531. The van der Waals surface area contributed by atoms with Crippen LogP contribution in [0.2, 0.25) is 0 Å². The van der Waals surface area contributed by atoms with Crippen LogP contribution in [0.1, 0.15) is 34.5 Å². The van der Waals surface area contributed by atoms with Gasteiger partial charge in [0.15, 0.2) is 0 Å². The molecule has 0 saturated carbocycles. The summed E-state index contributed by atoms with van der Waals surface area (Å²) in [5.41, 5.74) is 2.58. The molecule has 0 unspecified atom stereocenters. The molecule has 2 atom stereocenters. The van der Waals surface area contributed by atoms with Gasteiger partial charge in [-0.1, -0.05) is 42.5 Å². The van der Waals surface area contributed by atoms with Crippen molar-refractivity contribution in [3.8, 4) is 0 Å². The number of rotatable bonds is 5. The van der Waals surface area contributed by atoms with Crippen LogP contribution in [0, 0.1) is 0 Å². The molecule has 0 spiro atoms. The quantitative estimate of drug-likeness (QED) is 0.922. The van der Waals surface area contributed by atoms with Crippen molar-refractivity contribution >= 4 is 16.7 Å². The molecule has 1 amide bonds. The zero-order valence-corrected chi connectivity index (χ0v) is 13.0. The van der Waals surface area contributed by atoms with E-state index >= 15 is 0 Å². The summed E-state index contributed by atoms with van der Waals surface area (Å²) in [6.07, 6.45) is 1.66. The average molecular weight is 301 g/mol. The summed E-state index contributed by atoms with van der Waals surface area (Å²) in [5.74, 6) is 0.352. The Balaban J connectivity index is 2.08. The van der Waals surface area contributed by atoms with E-state index in [1.54, 1.807) is 18.4 Å². The van der Waals surface area contributed by atoms with Crippen molar-refractivity contribution in [1.29, 1.82) is 0 Å². The number of amides is 1. The number of benzene rings is 2. The molecule has 0 saturated heterocycles. The molecular weight excluding hydrogens is 282 g/mol. The van der Waals surface area contributed by atoms with Crippen molar-refractivity contribution in [2.24, 2.45) is 0 Å². The van der Waals surface area contributed by atoms with Crippen molar-refractivity contribution in [2.45, 2.75) is 18.7 Å². The molecular formula is C17H19NO2S. The molecule has 3 nitrogen and oxygen atoms in total. The molecule has 0 fully saturated rings. The second kappa shape index (κ2) is 7.18. The standard InChI is InChI=1S/C17H19NO2S/c1-13(15-8-4-3-5-9-15)18-17(19)16-10-6-7-14(11-16)12-21(2)20/h3-11,13H,12H2,1-2H3,(H,18,19)/t13-,21+/m0/s1. The molecule has 21 heavy (non-hydrogen) atoms. The van der Waals surface area contributed by atoms with Gasteiger partial charge in [0.05, 0.1) is 6.04 Å². The Labute approximate surface area is 127 Å². The normalized spacial score (nSPS) is 13.4. The molecule has 0 heterocycles. The van der Waals surface area contributed by atoms with Gasteiger partial charge in [-0.3, -0.25) is 9.00 Å². The lowest BCUT2D eigenvalue weighted by molar-refractivity contribution is 0.0940. The largest absolute Gasteiger partial charge is 0.346 e. The SMILES string of the molecule is C[C@H](NC(=O)c1cccc(C[S@@](C)=O)c1)c1ccccc1. The number of carbonyl (C=O) groups is 1. The minimum Gasteiger partial charge on any atom is -0.346 e. The highest BCUT2D eigenvalue weighted by Crippen LogP contribution is 2.13. The fourth-order valence-electron chi connectivity index (χ4n) is 2.14. The molecule has 110 valence electrons. The average Bonchev–Trinajstić information content (AvgIpc) is 2.47. The monoisotopic (exact) mass is 301 g/mol. The van der Waals surface area contributed by atoms with Crippen LogP contribution in [-0.4, -0.2) is 16.4 Å². The Morgan fingerprint density at radius 2 is 1.86 bits per heavy atom. The van der Waals surface area contributed by atoms with Crippen LogP contribution in [0.4, 0.5) is 0 Å². The third kappa shape index (κ3) is 4.53. The van der Waals surface area contributed by atoms with Crippen LogP contribution in [-0.2, 0) is 16.6 Å². The van der Waals surface area contributed by atoms with Crippen molar-refractivity contribution in [1.82, 2.24) is 5.32 Å². The van der Waals surface area contributed by atoms with Gasteiger partial charge in [0.1, 0.15) is 0 Å². The van der Waals surface area contributed by atoms with E-state index in [0.717, 1.165) is 11.1 Å². The molecule has 0 aliphatic rings. The van der Waals surface area contributed by atoms with E-state index in [2.05, 4.69) is 5.32 Å². The summed E-state index contributed by atoms with van der Waals surface area (Å²) in [6.45, 7) is 1.96. The molecule has 2 rings (SSSR count). The summed E-state index contributed by atoms with van der Waals surface area (Å²) < 4.78 is 11.3. The lowest BCUT2D eigenvalue weighted by Crippen LogP contribution is -2.26. The van der Waals surface area contributed by atoms with Crippen LogP contribution in [0.15, 0.2) is 54.6 Å². The van der Waals surface area contributed by atoms with Gasteiger partial charge in [0, 0.05) is 28.4 Å². The molecule has 2 aromatic carbocycles. The lowest BCUT2D eigenvalue weighted by Gasteiger charge is -2.14. The summed E-state index contributed by atoms with van der Waals surface area (Å²) in [5, 5.41) is 2.98. The van der Waals surface area contributed by atoms with E-state index < -0.39 is 10.8 Å². The number of carbonyl (C=O) groups excluding carboxylic acids is 1. The van der Waals surface area contributed by atoms with E-state index in [1.165, 1.54) is 0 Å². The number of hydrogen-bond donors (Lipinski definition) is 1. The van der Waals surface area contributed by atoms with Gasteiger partial charge in [-0.2, -0.15) is 0 Å². The highest BCUT2D eigenvalue weighted by Gasteiger charge is 2.11. The molecule has 4 heteroatoms. The summed E-state index contributed by atoms with van der Waals surface area (Å²) >= 11 is 0. The minimum atomic E-state index is -0.910. The van der Waals surface area contributed by atoms with Gasteiger partial charge in [0.25, 0.3) is 5.91 Å². The third-order valence-corrected chi connectivity index (χ3v) is 3.95. The second-order valence-electron chi connectivity index (χ2n) is 5.02. The Hall–Kier alpha value is -1.94. The first-order valence-corrected chi connectivity index (χ1v) is 8.54. The van der Waals surface area contributed by atoms with Gasteiger partial charge in [0.2, 0.25) is 0 Å². The fourth-order valence-corrected chi connectivity index (χ4v) is 2.79. The van der Waals surface area contributed by atoms with E-state index in [4.69, 9.17) is 0 Å². The van der Waals surface area contributed by atoms with Gasteiger partial charge in [-0.25, -0.2) is 0 Å². The van der Waals surface area contributed by atoms with Gasteiger partial charge < -0.3 is 5.32 Å². The third-order valence-electron chi connectivity index (χ3n) is 3.21. The van der Waals surface area contributed by atoms with Gasteiger partial charge >= 0.3 is 0 Å². The Bertz CT molecular complexity index is 640. The fraction of sp³-hybridized carbons (Fsp3) is 0.235. The van der Waals surface area contributed by atoms with Gasteiger partial charge in [-0.15, -0.1) is 0 Å². The van der Waals surface area contributed by atoms with Crippen LogP contribution < -0.4 is 5.32 Å². The molecule has 2 aromatic rings. The van der Waals surface area contributed by atoms with Crippen LogP contribution in [0.5, 0.6) is 0 Å². The lowest BCUT2D eigenvalue weighted by atomic mass is 10.1. The first kappa shape index (κ1) is 15.4. The maximum Gasteiger partial charge on any atom is 0.251 e. The van der Waals surface area contributed by atoms with Crippen LogP contribution in [0.25, 0.3) is 0 Å². The number of nitrogens with one attached hydrogen (secondary N) is 1. The summed E-state index contributed by atoms with van der Waals surface area (Å²) in [6, 6.07) is 17.1. The van der Waals surface area contributed by atoms with E-state index in [9.17, 15) is 9.00 Å². The van der Waals surface area contributed by atoms with Gasteiger partial charge in [-0.05, 0) is 30.2 Å². The first-order valence-electron chi connectivity index (χ1n) is 6.81. The highest BCUT2D eigenvalue weighted by molar-refractivity contribution is 7.83. The van der Waals surface area contributed by atoms with Crippen molar-refractivity contribution in [2.75, 3.05) is 6.26 Å².